The first-order valence-corrected chi connectivity index (χ1v) is 11.4. The maximum absolute atomic E-state index is 13.1. The Bertz CT molecular complexity index is 1150. The number of para-hydroxylation sites is 1. The van der Waals surface area contributed by atoms with Gasteiger partial charge >= 0.3 is 0 Å². The van der Waals surface area contributed by atoms with Crippen molar-refractivity contribution in [3.8, 4) is 0 Å². The van der Waals surface area contributed by atoms with Gasteiger partial charge in [0.1, 0.15) is 23.2 Å². The smallest absolute Gasteiger partial charge is 0.248 e. The van der Waals surface area contributed by atoms with E-state index in [2.05, 4.69) is 20.6 Å². The predicted octanol–water partition coefficient (Wildman–Crippen LogP) is 1.97. The molecule has 0 spiro atoms. The summed E-state index contributed by atoms with van der Waals surface area (Å²) >= 11 is 0. The zero-order chi connectivity index (χ0) is 22.0. The number of carbonyl (C=O) groups excluding carboxylic acids is 1. The third-order valence-electron chi connectivity index (χ3n) is 5.39. The molecule has 1 amide bonds. The Morgan fingerprint density at radius 3 is 2.81 bits per heavy atom. The number of nitrogens with one attached hydrogen (secondary N) is 1. The number of anilines is 1. The first-order valence-electron chi connectivity index (χ1n) is 10.0. The highest BCUT2D eigenvalue weighted by atomic mass is 32.2. The van der Waals surface area contributed by atoms with E-state index in [1.807, 2.05) is 24.3 Å². The summed E-state index contributed by atoms with van der Waals surface area (Å²) in [6.45, 7) is 4.12. The lowest BCUT2D eigenvalue weighted by atomic mass is 9.98. The summed E-state index contributed by atoms with van der Waals surface area (Å²) < 4.78 is 34.3. The minimum Gasteiger partial charge on any atom is -0.360 e. The Morgan fingerprint density at radius 1 is 1.29 bits per heavy atom. The Labute approximate surface area is 180 Å². The number of hydrogen-bond acceptors (Lipinski definition) is 7. The van der Waals surface area contributed by atoms with E-state index in [4.69, 9.17) is 4.52 Å². The first kappa shape index (κ1) is 21.2. The van der Waals surface area contributed by atoms with E-state index in [-0.39, 0.29) is 23.1 Å². The molecule has 1 unspecified atom stereocenters. The van der Waals surface area contributed by atoms with Gasteiger partial charge in [-0.05, 0) is 38.3 Å². The van der Waals surface area contributed by atoms with Crippen molar-refractivity contribution in [2.45, 2.75) is 38.1 Å². The Morgan fingerprint density at radius 2 is 2.10 bits per heavy atom. The van der Waals surface area contributed by atoms with E-state index in [1.54, 1.807) is 24.9 Å². The lowest BCUT2D eigenvalue weighted by molar-refractivity contribution is -0.120. The molecule has 1 fully saturated rings. The number of amides is 1. The van der Waals surface area contributed by atoms with Crippen LogP contribution in [0, 0.1) is 19.8 Å². The molecule has 10 nitrogen and oxygen atoms in total. The van der Waals surface area contributed by atoms with Crippen LogP contribution in [-0.2, 0) is 21.4 Å². The van der Waals surface area contributed by atoms with E-state index >= 15 is 0 Å². The van der Waals surface area contributed by atoms with Gasteiger partial charge in [-0.2, -0.15) is 9.40 Å². The molecule has 0 aliphatic carbocycles. The van der Waals surface area contributed by atoms with Crippen LogP contribution in [0.5, 0.6) is 0 Å². The second kappa shape index (κ2) is 8.60. The third-order valence-corrected chi connectivity index (χ3v) is 7.51. The van der Waals surface area contributed by atoms with E-state index in [1.165, 1.54) is 10.6 Å². The molecule has 164 valence electrons. The van der Waals surface area contributed by atoms with E-state index in [0.29, 0.717) is 37.3 Å². The molecule has 0 bridgehead atoms. The summed E-state index contributed by atoms with van der Waals surface area (Å²) in [5, 5.41) is 10.8. The number of hydrogen-bond donors (Lipinski definition) is 1. The van der Waals surface area contributed by atoms with Crippen molar-refractivity contribution < 1.29 is 17.7 Å². The van der Waals surface area contributed by atoms with Gasteiger partial charge in [0.05, 0.1) is 12.5 Å². The molecule has 1 saturated heterocycles. The molecule has 1 N–H and O–H groups in total. The van der Waals surface area contributed by atoms with E-state index in [9.17, 15) is 13.2 Å². The maximum Gasteiger partial charge on any atom is 0.248 e. The largest absolute Gasteiger partial charge is 0.360 e. The van der Waals surface area contributed by atoms with Gasteiger partial charge in [-0.15, -0.1) is 0 Å². The van der Waals surface area contributed by atoms with Gasteiger partial charge in [-0.25, -0.2) is 18.1 Å². The first-order chi connectivity index (χ1) is 14.9. The van der Waals surface area contributed by atoms with Crippen molar-refractivity contribution in [3.63, 3.8) is 0 Å². The van der Waals surface area contributed by atoms with Crippen molar-refractivity contribution in [1.82, 2.24) is 24.2 Å². The summed E-state index contributed by atoms with van der Waals surface area (Å²) in [7, 11) is -3.78. The van der Waals surface area contributed by atoms with Gasteiger partial charge in [-0.1, -0.05) is 23.4 Å². The highest BCUT2D eigenvalue weighted by Gasteiger charge is 2.36. The Hall–Kier alpha value is -3.05. The fourth-order valence-electron chi connectivity index (χ4n) is 3.85. The number of piperidine rings is 1. The van der Waals surface area contributed by atoms with Gasteiger partial charge in [0, 0.05) is 18.8 Å². The molecule has 0 saturated carbocycles. The van der Waals surface area contributed by atoms with Crippen LogP contribution in [0.3, 0.4) is 0 Å². The van der Waals surface area contributed by atoms with Crippen molar-refractivity contribution in [2.24, 2.45) is 5.92 Å². The number of benzene rings is 1. The average Bonchev–Trinajstić information content (AvgIpc) is 3.39. The van der Waals surface area contributed by atoms with Crippen LogP contribution in [0.4, 0.5) is 5.69 Å². The number of nitrogens with zero attached hydrogens (tertiary/aromatic N) is 5. The number of sulfonamides is 1. The summed E-state index contributed by atoms with van der Waals surface area (Å²) in [4.78, 5) is 17.0. The van der Waals surface area contributed by atoms with Crippen LogP contribution in [-0.4, -0.2) is 51.6 Å². The molecule has 1 aliphatic heterocycles. The van der Waals surface area contributed by atoms with Crippen molar-refractivity contribution in [3.05, 3.63) is 53.9 Å². The molecule has 1 atom stereocenters. The normalized spacial score (nSPS) is 17.5. The molecule has 31 heavy (non-hydrogen) atoms. The predicted molar refractivity (Wildman–Crippen MR) is 112 cm³/mol. The Kier molecular flexibility index (Phi) is 5.88. The van der Waals surface area contributed by atoms with Crippen LogP contribution in [0.1, 0.15) is 29.9 Å². The second-order valence-electron chi connectivity index (χ2n) is 7.59. The molecule has 0 radical (unpaired) electrons. The summed E-state index contributed by atoms with van der Waals surface area (Å²) in [6, 6.07) is 7.47. The Balaban J connectivity index is 1.49. The topological polar surface area (TPSA) is 123 Å². The highest BCUT2D eigenvalue weighted by molar-refractivity contribution is 7.89. The molecular formula is C20H24N6O4S. The third kappa shape index (κ3) is 4.37. The van der Waals surface area contributed by atoms with Gasteiger partial charge in [0.15, 0.2) is 5.76 Å². The molecule has 11 heteroatoms. The van der Waals surface area contributed by atoms with Gasteiger partial charge in [0.25, 0.3) is 0 Å². The lowest BCUT2D eigenvalue weighted by Gasteiger charge is -2.31. The molecule has 4 rings (SSSR count). The van der Waals surface area contributed by atoms with Crippen LogP contribution in [0.2, 0.25) is 0 Å². The fourth-order valence-corrected chi connectivity index (χ4v) is 5.67. The van der Waals surface area contributed by atoms with Crippen LogP contribution in [0.15, 0.2) is 46.3 Å². The van der Waals surface area contributed by atoms with Crippen molar-refractivity contribution >= 4 is 21.6 Å². The van der Waals surface area contributed by atoms with Gasteiger partial charge in [0.2, 0.25) is 15.9 Å². The fraction of sp³-hybridized carbons (Fsp3) is 0.400. The summed E-state index contributed by atoms with van der Waals surface area (Å²) in [5.74, 6) is -0.403. The molecule has 2 aromatic heterocycles. The van der Waals surface area contributed by atoms with Crippen LogP contribution < -0.4 is 5.32 Å². The number of aromatic nitrogens is 4. The SMILES string of the molecule is Cc1noc(C)c1S(=O)(=O)N1CCCC(C(=O)Nc2ccccc2Cn2cncn2)C1. The maximum atomic E-state index is 13.1. The zero-order valence-corrected chi connectivity index (χ0v) is 18.2. The second-order valence-corrected chi connectivity index (χ2v) is 9.47. The minimum absolute atomic E-state index is 0.0896. The zero-order valence-electron chi connectivity index (χ0n) is 17.4. The van der Waals surface area contributed by atoms with E-state index < -0.39 is 15.9 Å². The van der Waals surface area contributed by atoms with Gasteiger partial charge < -0.3 is 9.84 Å². The lowest BCUT2D eigenvalue weighted by Crippen LogP contribution is -2.44. The minimum atomic E-state index is -3.78. The molecular weight excluding hydrogens is 420 g/mol. The summed E-state index contributed by atoms with van der Waals surface area (Å²) in [6.07, 6.45) is 4.28. The van der Waals surface area contributed by atoms with E-state index in [0.717, 1.165) is 5.56 Å². The molecule has 3 aromatic rings. The molecule has 3 heterocycles. The van der Waals surface area contributed by atoms with Crippen LogP contribution in [0.25, 0.3) is 0 Å². The summed E-state index contributed by atoms with van der Waals surface area (Å²) in [5.41, 5.74) is 1.89. The monoisotopic (exact) mass is 444 g/mol. The van der Waals surface area contributed by atoms with Gasteiger partial charge in [-0.3, -0.25) is 4.79 Å². The molecule has 1 aromatic carbocycles. The highest BCUT2D eigenvalue weighted by Crippen LogP contribution is 2.28. The average molecular weight is 445 g/mol. The number of rotatable bonds is 6. The van der Waals surface area contributed by atoms with Crippen molar-refractivity contribution in [2.75, 3.05) is 18.4 Å². The standard InChI is InChI=1S/C20H24N6O4S/c1-14-19(15(2)30-24-14)31(28,29)26-9-5-7-17(11-26)20(27)23-18-8-4-3-6-16(18)10-25-13-21-12-22-25/h3-4,6,8,12-13,17H,5,7,9-11H2,1-2H3,(H,23,27). The number of aryl methyl sites for hydroxylation is 2. The molecule has 1 aliphatic rings. The quantitative estimate of drug-likeness (QED) is 0.616. The number of carbonyl (C=O) groups is 1. The van der Waals surface area contributed by atoms with Crippen LogP contribution >= 0.6 is 0 Å². The van der Waals surface area contributed by atoms with Crippen molar-refractivity contribution in [1.29, 1.82) is 0 Å².